The van der Waals surface area contributed by atoms with E-state index in [9.17, 15) is 14.7 Å². The molecular weight excluding hydrogens is 392 g/mol. The van der Waals surface area contributed by atoms with Crippen LogP contribution < -0.4 is 11.1 Å². The number of carbonyl (C=O) groups is 2. The lowest BCUT2D eigenvalue weighted by Gasteiger charge is -2.36. The van der Waals surface area contributed by atoms with Crippen molar-refractivity contribution in [3.8, 4) is 0 Å². The van der Waals surface area contributed by atoms with E-state index in [0.29, 0.717) is 19.4 Å². The number of nitrogens with one attached hydrogen (secondary N) is 1. The first-order chi connectivity index (χ1) is 14.6. The maximum Gasteiger partial charge on any atom is 0.231 e. The number of fused-ring (bicyclic) bond motifs is 1. The Morgan fingerprint density at radius 2 is 1.97 bits per heavy atom. The number of carbonyl (C=O) groups excluding carboxylic acids is 2. The van der Waals surface area contributed by atoms with Crippen LogP contribution in [0.3, 0.4) is 0 Å². The van der Waals surface area contributed by atoms with E-state index in [0.717, 1.165) is 24.0 Å². The van der Waals surface area contributed by atoms with Crippen LogP contribution in [0, 0.1) is 17.8 Å². The largest absolute Gasteiger partial charge is 0.387 e. The number of benzene rings is 1. The third kappa shape index (κ3) is 3.73. The number of guanidine groups is 1. The molecule has 3 aliphatic rings. The monoisotopic (exact) mass is 426 g/mol. The van der Waals surface area contributed by atoms with Crippen LogP contribution in [0.4, 0.5) is 0 Å². The van der Waals surface area contributed by atoms with Crippen molar-refractivity contribution in [2.45, 2.75) is 70.6 Å². The van der Waals surface area contributed by atoms with E-state index in [-0.39, 0.29) is 35.5 Å². The Bertz CT molecular complexity index is 921. The minimum atomic E-state index is -1.02. The SMILES string of the molecule is CCC1(CC)CC(=O)N(C[C@@H]2C(C)[C@H]2C(=O)N[C@@H]2c3ccccc3CC2(C)O)C(N)=N1. The highest BCUT2D eigenvalue weighted by Crippen LogP contribution is 2.48. The summed E-state index contributed by atoms with van der Waals surface area (Å²) in [6.07, 6.45) is 2.43. The lowest BCUT2D eigenvalue weighted by molar-refractivity contribution is -0.130. The molecule has 0 aromatic heterocycles. The molecule has 1 aromatic rings. The van der Waals surface area contributed by atoms with Crippen LogP contribution in [0.1, 0.15) is 64.1 Å². The third-order valence-corrected chi connectivity index (χ3v) is 7.81. The molecule has 7 nitrogen and oxygen atoms in total. The quantitative estimate of drug-likeness (QED) is 0.648. The predicted molar refractivity (Wildman–Crippen MR) is 119 cm³/mol. The van der Waals surface area contributed by atoms with Crippen molar-refractivity contribution in [3.63, 3.8) is 0 Å². The fraction of sp³-hybridized carbons (Fsp3) is 0.625. The first kappa shape index (κ1) is 21.8. The summed E-state index contributed by atoms with van der Waals surface area (Å²) >= 11 is 0. The van der Waals surface area contributed by atoms with Gasteiger partial charge in [-0.05, 0) is 42.7 Å². The van der Waals surface area contributed by atoms with E-state index < -0.39 is 17.2 Å². The van der Waals surface area contributed by atoms with Crippen molar-refractivity contribution in [3.05, 3.63) is 35.4 Å². The standard InChI is InChI=1S/C24H34N4O3/c1-5-24(6-2)12-18(29)28(22(25)27-24)13-17-14(3)19(17)21(30)26-20-16-10-8-7-9-15(16)11-23(20,4)31/h7-10,14,17,19-20,31H,5-6,11-13H2,1-4H3,(H2,25,27)(H,26,30)/t14?,17-,19-,20-,23?/m1/s1. The molecule has 5 atom stereocenters. The van der Waals surface area contributed by atoms with Crippen LogP contribution in [0.5, 0.6) is 0 Å². The van der Waals surface area contributed by atoms with E-state index in [4.69, 9.17) is 5.73 Å². The molecule has 1 aliphatic heterocycles. The van der Waals surface area contributed by atoms with Gasteiger partial charge in [0.1, 0.15) is 0 Å². The van der Waals surface area contributed by atoms with Gasteiger partial charge >= 0.3 is 0 Å². The molecule has 1 heterocycles. The van der Waals surface area contributed by atoms with E-state index in [2.05, 4.69) is 10.3 Å². The van der Waals surface area contributed by atoms with Gasteiger partial charge in [-0.3, -0.25) is 14.5 Å². The lowest BCUT2D eigenvalue weighted by atomic mass is 9.88. The number of hydrogen-bond acceptors (Lipinski definition) is 5. The highest BCUT2D eigenvalue weighted by atomic mass is 16.3. The van der Waals surface area contributed by atoms with Crippen molar-refractivity contribution in [1.82, 2.24) is 10.2 Å². The van der Waals surface area contributed by atoms with Crippen LogP contribution in [0.25, 0.3) is 0 Å². The van der Waals surface area contributed by atoms with Crippen LogP contribution in [0.2, 0.25) is 0 Å². The summed E-state index contributed by atoms with van der Waals surface area (Å²) in [5, 5.41) is 14.0. The van der Waals surface area contributed by atoms with E-state index in [1.807, 2.05) is 45.0 Å². The second-order valence-corrected chi connectivity index (χ2v) is 9.81. The fourth-order valence-corrected chi connectivity index (χ4v) is 5.44. The Labute approximate surface area is 184 Å². The number of hydrogen-bond donors (Lipinski definition) is 3. The Kier molecular flexibility index (Phi) is 5.36. The molecule has 0 saturated heterocycles. The molecule has 2 unspecified atom stereocenters. The van der Waals surface area contributed by atoms with Crippen LogP contribution >= 0.6 is 0 Å². The van der Waals surface area contributed by atoms with Gasteiger partial charge in [0.05, 0.1) is 23.6 Å². The summed E-state index contributed by atoms with van der Waals surface area (Å²) in [5.74, 6) is 0.165. The fourth-order valence-electron chi connectivity index (χ4n) is 5.44. The van der Waals surface area contributed by atoms with Gasteiger partial charge in [-0.15, -0.1) is 0 Å². The first-order valence-electron chi connectivity index (χ1n) is 11.4. The maximum absolute atomic E-state index is 13.1. The summed E-state index contributed by atoms with van der Waals surface area (Å²) in [6, 6.07) is 7.41. The van der Waals surface area contributed by atoms with Gasteiger partial charge in [0.25, 0.3) is 0 Å². The van der Waals surface area contributed by atoms with Crippen LogP contribution in [-0.4, -0.2) is 45.5 Å². The molecule has 0 bridgehead atoms. The van der Waals surface area contributed by atoms with Gasteiger partial charge in [0, 0.05) is 18.9 Å². The summed E-state index contributed by atoms with van der Waals surface area (Å²) in [5.41, 5.74) is 6.81. The Hall–Kier alpha value is -2.41. The van der Waals surface area contributed by atoms with Crippen LogP contribution in [0.15, 0.2) is 29.3 Å². The van der Waals surface area contributed by atoms with Gasteiger partial charge in [-0.2, -0.15) is 0 Å². The molecule has 0 spiro atoms. The smallest absolute Gasteiger partial charge is 0.231 e. The van der Waals surface area contributed by atoms with E-state index >= 15 is 0 Å². The normalized spacial score (nSPS) is 33.6. The summed E-state index contributed by atoms with van der Waals surface area (Å²) in [7, 11) is 0. The Morgan fingerprint density at radius 1 is 1.29 bits per heavy atom. The highest BCUT2D eigenvalue weighted by Gasteiger charge is 2.55. The molecule has 1 fully saturated rings. The van der Waals surface area contributed by atoms with E-state index in [1.165, 1.54) is 0 Å². The number of nitrogens with zero attached hydrogens (tertiary/aromatic N) is 2. The molecule has 4 rings (SSSR count). The molecule has 7 heteroatoms. The Balaban J connectivity index is 1.44. The van der Waals surface area contributed by atoms with Gasteiger partial charge in [-0.1, -0.05) is 45.0 Å². The van der Waals surface area contributed by atoms with Gasteiger partial charge in [-0.25, -0.2) is 4.99 Å². The summed E-state index contributed by atoms with van der Waals surface area (Å²) in [4.78, 5) is 32.1. The van der Waals surface area contributed by atoms with Crippen molar-refractivity contribution in [2.75, 3.05) is 6.54 Å². The van der Waals surface area contributed by atoms with Gasteiger partial charge < -0.3 is 16.2 Å². The van der Waals surface area contributed by atoms with Crippen molar-refractivity contribution in [1.29, 1.82) is 0 Å². The topological polar surface area (TPSA) is 108 Å². The molecule has 2 amide bonds. The van der Waals surface area contributed by atoms with Gasteiger partial charge in [0.2, 0.25) is 11.8 Å². The minimum Gasteiger partial charge on any atom is -0.387 e. The lowest BCUT2D eigenvalue weighted by Crippen LogP contribution is -2.52. The Morgan fingerprint density at radius 3 is 2.61 bits per heavy atom. The number of aliphatic hydroxyl groups is 1. The number of rotatable bonds is 6. The number of amides is 2. The van der Waals surface area contributed by atoms with Crippen molar-refractivity contribution < 1.29 is 14.7 Å². The zero-order chi connectivity index (χ0) is 22.6. The molecule has 1 saturated carbocycles. The van der Waals surface area contributed by atoms with Gasteiger partial charge in [0.15, 0.2) is 5.96 Å². The van der Waals surface area contributed by atoms with Crippen molar-refractivity contribution in [2.24, 2.45) is 28.5 Å². The van der Waals surface area contributed by atoms with Crippen LogP contribution in [-0.2, 0) is 16.0 Å². The molecule has 2 aliphatic carbocycles. The minimum absolute atomic E-state index is 0.0119. The second kappa shape index (κ2) is 7.62. The first-order valence-corrected chi connectivity index (χ1v) is 11.4. The molecule has 168 valence electrons. The van der Waals surface area contributed by atoms with E-state index in [1.54, 1.807) is 11.8 Å². The molecular formula is C24H34N4O3. The maximum atomic E-state index is 13.1. The second-order valence-electron chi connectivity index (χ2n) is 9.81. The molecule has 4 N–H and O–H groups in total. The molecule has 31 heavy (non-hydrogen) atoms. The predicted octanol–water partition coefficient (Wildman–Crippen LogP) is 2.14. The number of nitrogens with two attached hydrogens (primary N) is 1. The average molecular weight is 427 g/mol. The third-order valence-electron chi connectivity index (χ3n) is 7.81. The van der Waals surface area contributed by atoms with Crippen molar-refractivity contribution >= 4 is 17.8 Å². The molecule has 0 radical (unpaired) electrons. The number of aliphatic imine (C=N–C) groups is 1. The zero-order valence-electron chi connectivity index (χ0n) is 18.9. The highest BCUT2D eigenvalue weighted by molar-refractivity contribution is 5.99. The zero-order valence-corrected chi connectivity index (χ0v) is 18.9. The summed E-state index contributed by atoms with van der Waals surface area (Å²) in [6.45, 7) is 8.27. The molecule has 1 aromatic carbocycles. The average Bonchev–Trinajstić information content (AvgIpc) is 3.29. The summed E-state index contributed by atoms with van der Waals surface area (Å²) < 4.78 is 0.